The van der Waals surface area contributed by atoms with E-state index >= 15 is 0 Å². The highest BCUT2D eigenvalue weighted by Gasteiger charge is 2.37. The summed E-state index contributed by atoms with van der Waals surface area (Å²) < 4.78 is 11.4. The van der Waals surface area contributed by atoms with E-state index < -0.39 is 12.1 Å². The Morgan fingerprint density at radius 1 is 1.28 bits per heavy atom. The first-order valence-corrected chi connectivity index (χ1v) is 10.0. The molecular weight excluding hydrogens is 438 g/mol. The fourth-order valence-electron chi connectivity index (χ4n) is 3.69. The summed E-state index contributed by atoms with van der Waals surface area (Å²) in [5.74, 6) is 0.699. The van der Waals surface area contributed by atoms with Gasteiger partial charge in [-0.2, -0.15) is 0 Å². The molecule has 2 heterocycles. The van der Waals surface area contributed by atoms with E-state index in [1.807, 2.05) is 42.5 Å². The molecule has 0 fully saturated rings. The van der Waals surface area contributed by atoms with Crippen LogP contribution >= 0.6 is 15.9 Å². The van der Waals surface area contributed by atoms with E-state index in [4.69, 9.17) is 9.47 Å². The van der Waals surface area contributed by atoms with E-state index in [1.54, 1.807) is 18.9 Å². The number of fused-ring (bicyclic) bond motifs is 2. The second-order valence-corrected chi connectivity index (χ2v) is 7.48. The molecule has 0 saturated heterocycles. The minimum atomic E-state index is -0.418. The molecule has 0 aliphatic carbocycles. The second-order valence-electron chi connectivity index (χ2n) is 6.63. The van der Waals surface area contributed by atoms with Gasteiger partial charge in [0.25, 0.3) is 0 Å². The highest BCUT2D eigenvalue weighted by molar-refractivity contribution is 9.10. The zero-order valence-electron chi connectivity index (χ0n) is 16.0. The average molecular weight is 458 g/mol. The van der Waals surface area contributed by atoms with Gasteiger partial charge in [0.1, 0.15) is 5.75 Å². The van der Waals surface area contributed by atoms with Crippen LogP contribution in [0.3, 0.4) is 0 Å². The van der Waals surface area contributed by atoms with E-state index in [9.17, 15) is 9.59 Å². The number of halogens is 1. The summed E-state index contributed by atoms with van der Waals surface area (Å²) in [4.78, 5) is 26.7. The number of carbonyl (C=O) groups excluding carboxylic acids is 2. The molecule has 3 amide bonds. The maximum atomic E-state index is 12.6. The third-order valence-electron chi connectivity index (χ3n) is 4.97. The van der Waals surface area contributed by atoms with Crippen molar-refractivity contribution in [1.82, 2.24) is 10.6 Å². The quantitative estimate of drug-likeness (QED) is 0.723. The first-order chi connectivity index (χ1) is 14.0. The lowest BCUT2D eigenvalue weighted by molar-refractivity contribution is 0.160. The molecule has 4 rings (SSSR count). The molecule has 2 aliphatic rings. The van der Waals surface area contributed by atoms with Gasteiger partial charge in [-0.15, -0.1) is 0 Å². The number of anilines is 1. The summed E-state index contributed by atoms with van der Waals surface area (Å²) >= 11 is 3.50. The molecule has 0 bridgehead atoms. The Balaban J connectivity index is 1.83. The molecule has 8 heteroatoms. The van der Waals surface area contributed by atoms with Crippen LogP contribution < -0.4 is 20.3 Å². The molecule has 0 aromatic heterocycles. The molecule has 2 aromatic carbocycles. The summed E-state index contributed by atoms with van der Waals surface area (Å²) in [7, 11) is 1.60. The smallest absolute Gasteiger partial charge is 0.414 e. The van der Waals surface area contributed by atoms with Crippen molar-refractivity contribution in [3.8, 4) is 5.75 Å². The maximum Gasteiger partial charge on any atom is 0.414 e. The first-order valence-electron chi connectivity index (χ1n) is 9.21. The lowest BCUT2D eigenvalue weighted by atomic mass is 9.89. The Bertz CT molecular complexity index is 1020. The Morgan fingerprint density at radius 2 is 2.07 bits per heavy atom. The van der Waals surface area contributed by atoms with Crippen molar-refractivity contribution in [3.05, 3.63) is 63.6 Å². The van der Waals surface area contributed by atoms with Crippen LogP contribution in [0.2, 0.25) is 0 Å². The number of nitrogens with zero attached hydrogens (tertiary/aromatic N) is 1. The van der Waals surface area contributed by atoms with Gasteiger partial charge in [-0.1, -0.05) is 24.3 Å². The molecule has 2 N–H and O–H groups in total. The van der Waals surface area contributed by atoms with E-state index in [0.29, 0.717) is 18.0 Å². The molecule has 29 heavy (non-hydrogen) atoms. The topological polar surface area (TPSA) is 79.9 Å². The van der Waals surface area contributed by atoms with Crippen molar-refractivity contribution in [2.75, 3.05) is 25.2 Å². The normalized spacial score (nSPS) is 17.7. The second kappa shape index (κ2) is 7.79. The van der Waals surface area contributed by atoms with E-state index in [1.165, 1.54) is 0 Å². The fourth-order valence-corrected chi connectivity index (χ4v) is 4.25. The van der Waals surface area contributed by atoms with Crippen molar-refractivity contribution >= 4 is 39.4 Å². The highest BCUT2D eigenvalue weighted by atomic mass is 79.9. The van der Waals surface area contributed by atoms with Crippen LogP contribution in [0.4, 0.5) is 15.3 Å². The summed E-state index contributed by atoms with van der Waals surface area (Å²) in [5, 5.41) is 5.89. The van der Waals surface area contributed by atoms with Gasteiger partial charge < -0.3 is 20.1 Å². The first kappa shape index (κ1) is 19.3. The van der Waals surface area contributed by atoms with Crippen LogP contribution in [0.1, 0.15) is 24.1 Å². The summed E-state index contributed by atoms with van der Waals surface area (Å²) in [6.45, 7) is 2.36. The number of ether oxygens (including phenoxy) is 2. The average Bonchev–Trinajstić information content (AvgIpc) is 2.73. The van der Waals surface area contributed by atoms with Gasteiger partial charge in [0.05, 0.1) is 42.2 Å². The van der Waals surface area contributed by atoms with Gasteiger partial charge in [-0.3, -0.25) is 4.90 Å². The minimum absolute atomic E-state index is 0.285. The summed E-state index contributed by atoms with van der Waals surface area (Å²) in [5.41, 5.74) is 3.98. The van der Waals surface area contributed by atoms with Gasteiger partial charge in [0.15, 0.2) is 0 Å². The van der Waals surface area contributed by atoms with E-state index in [-0.39, 0.29) is 12.6 Å². The number of rotatable bonds is 3. The Kier molecular flexibility index (Phi) is 5.19. The predicted molar refractivity (Wildman–Crippen MR) is 113 cm³/mol. The standard InChI is InChI=1S/C21H20BrN3O4/c1-3-29-21(27)25-11-14-18(12-8-9-17(28-2)15(22)10-12)23-20(26)24-19(14)13-6-4-5-7-16(13)25/h4-10,18H,3,11H2,1-2H3,(H2,23,24,26). The van der Waals surface area contributed by atoms with Crippen molar-refractivity contribution < 1.29 is 19.1 Å². The minimum Gasteiger partial charge on any atom is -0.496 e. The van der Waals surface area contributed by atoms with Crippen LogP contribution in [0.5, 0.6) is 5.75 Å². The molecular formula is C21H20BrN3O4. The predicted octanol–water partition coefficient (Wildman–Crippen LogP) is 4.20. The number of amides is 3. The summed E-state index contributed by atoms with van der Waals surface area (Å²) in [6, 6.07) is 12.4. The van der Waals surface area contributed by atoms with Gasteiger partial charge in [-0.05, 0) is 46.6 Å². The number of carbonyl (C=O) groups is 2. The van der Waals surface area contributed by atoms with Gasteiger partial charge in [-0.25, -0.2) is 9.59 Å². The number of methoxy groups -OCH3 is 1. The SMILES string of the molecule is CCOC(=O)N1CC2=C(NC(=O)NC2c2ccc(OC)c(Br)c2)c2ccccc21. The van der Waals surface area contributed by atoms with Crippen LogP contribution in [0.15, 0.2) is 52.5 Å². The summed E-state index contributed by atoms with van der Waals surface area (Å²) in [6.07, 6.45) is -0.418. The Hall–Kier alpha value is -3.00. The number of benzene rings is 2. The third-order valence-corrected chi connectivity index (χ3v) is 5.59. The van der Waals surface area contributed by atoms with Crippen LogP contribution in [0, 0.1) is 0 Å². The number of hydrogen-bond donors (Lipinski definition) is 2. The van der Waals surface area contributed by atoms with Gasteiger partial charge in [0, 0.05) is 11.1 Å². The highest BCUT2D eigenvalue weighted by Crippen LogP contribution is 2.41. The van der Waals surface area contributed by atoms with Crippen molar-refractivity contribution in [2.24, 2.45) is 0 Å². The number of nitrogens with one attached hydrogen (secondary N) is 2. The lowest BCUT2D eigenvalue weighted by Crippen LogP contribution is -2.49. The number of urea groups is 1. The Labute approximate surface area is 176 Å². The van der Waals surface area contributed by atoms with E-state index in [2.05, 4.69) is 26.6 Å². The lowest BCUT2D eigenvalue weighted by Gasteiger charge is -2.38. The molecule has 1 unspecified atom stereocenters. The van der Waals surface area contributed by atoms with Crippen LogP contribution in [-0.2, 0) is 4.74 Å². The molecule has 0 radical (unpaired) electrons. The zero-order chi connectivity index (χ0) is 20.5. The largest absolute Gasteiger partial charge is 0.496 e. The van der Waals surface area contributed by atoms with Crippen molar-refractivity contribution in [2.45, 2.75) is 13.0 Å². The number of hydrogen-bond acceptors (Lipinski definition) is 4. The number of para-hydroxylation sites is 1. The Morgan fingerprint density at radius 3 is 2.79 bits per heavy atom. The molecule has 0 spiro atoms. The van der Waals surface area contributed by atoms with Crippen LogP contribution in [-0.4, -0.2) is 32.4 Å². The van der Waals surface area contributed by atoms with Gasteiger partial charge >= 0.3 is 12.1 Å². The van der Waals surface area contributed by atoms with Crippen LogP contribution in [0.25, 0.3) is 5.70 Å². The van der Waals surface area contributed by atoms with Crippen molar-refractivity contribution in [1.29, 1.82) is 0 Å². The van der Waals surface area contributed by atoms with E-state index in [0.717, 1.165) is 26.9 Å². The molecule has 150 valence electrons. The fraction of sp³-hybridized carbons (Fsp3) is 0.238. The van der Waals surface area contributed by atoms with Crippen molar-refractivity contribution in [3.63, 3.8) is 0 Å². The molecule has 0 saturated carbocycles. The van der Waals surface area contributed by atoms with Gasteiger partial charge in [0.2, 0.25) is 0 Å². The molecule has 7 nitrogen and oxygen atoms in total. The molecule has 1 atom stereocenters. The molecule has 2 aromatic rings. The maximum absolute atomic E-state index is 12.6. The molecule has 2 aliphatic heterocycles. The zero-order valence-corrected chi connectivity index (χ0v) is 17.6. The monoisotopic (exact) mass is 457 g/mol. The third kappa shape index (κ3) is 3.44.